The lowest BCUT2D eigenvalue weighted by Gasteiger charge is -2.02. The predicted molar refractivity (Wildman–Crippen MR) is 56.3 cm³/mol. The minimum Gasteiger partial charge on any atom is -0.285 e. The molecule has 1 saturated carbocycles. The number of nitrogens with one attached hydrogen (secondary N) is 1. The Morgan fingerprint density at radius 2 is 2.20 bits per heavy atom. The van der Waals surface area contributed by atoms with E-state index in [1.165, 1.54) is 12.8 Å². The number of H-pyrrole nitrogens is 1. The van der Waals surface area contributed by atoms with Crippen molar-refractivity contribution >= 4 is 0 Å². The summed E-state index contributed by atoms with van der Waals surface area (Å²) in [5, 5.41) is 6.73. The summed E-state index contributed by atoms with van der Waals surface area (Å²) in [6, 6.07) is 2.00. The second-order valence-corrected chi connectivity index (χ2v) is 4.01. The standard InChI is InChI=1S/C11H12N4/c1-7-4-10(9-5-12-13-6-9)15-11(14-7)8-2-3-8/h4-6,8H,2-3H2,1H3,(H,12,13). The molecule has 0 amide bonds. The number of rotatable bonds is 2. The van der Waals surface area contributed by atoms with Crippen LogP contribution in [0, 0.1) is 6.92 Å². The van der Waals surface area contributed by atoms with Gasteiger partial charge in [0, 0.05) is 23.4 Å². The van der Waals surface area contributed by atoms with Gasteiger partial charge in [0.1, 0.15) is 5.82 Å². The van der Waals surface area contributed by atoms with Gasteiger partial charge in [0.15, 0.2) is 0 Å². The summed E-state index contributed by atoms with van der Waals surface area (Å²) in [6.45, 7) is 2.01. The summed E-state index contributed by atoms with van der Waals surface area (Å²) in [7, 11) is 0. The molecule has 2 aromatic heterocycles. The molecule has 0 saturated heterocycles. The molecular formula is C11H12N4. The molecule has 0 spiro atoms. The van der Waals surface area contributed by atoms with Crippen molar-refractivity contribution in [2.45, 2.75) is 25.7 Å². The van der Waals surface area contributed by atoms with E-state index in [4.69, 9.17) is 0 Å². The van der Waals surface area contributed by atoms with Gasteiger partial charge in [0.2, 0.25) is 0 Å². The molecule has 1 aliphatic rings. The zero-order valence-electron chi connectivity index (χ0n) is 8.57. The van der Waals surface area contributed by atoms with Crippen molar-refractivity contribution < 1.29 is 0 Å². The highest BCUT2D eigenvalue weighted by molar-refractivity contribution is 5.57. The third-order valence-corrected chi connectivity index (χ3v) is 2.61. The van der Waals surface area contributed by atoms with Crippen molar-refractivity contribution in [1.82, 2.24) is 20.2 Å². The van der Waals surface area contributed by atoms with E-state index in [1.807, 2.05) is 19.2 Å². The van der Waals surface area contributed by atoms with Gasteiger partial charge < -0.3 is 0 Å². The van der Waals surface area contributed by atoms with Gasteiger partial charge in [-0.05, 0) is 25.8 Å². The van der Waals surface area contributed by atoms with E-state index >= 15 is 0 Å². The summed E-state index contributed by atoms with van der Waals surface area (Å²) in [5.41, 5.74) is 3.03. The molecule has 4 heteroatoms. The number of aromatic nitrogens is 4. The molecule has 3 rings (SSSR count). The molecule has 4 nitrogen and oxygen atoms in total. The largest absolute Gasteiger partial charge is 0.285 e. The van der Waals surface area contributed by atoms with E-state index in [2.05, 4.69) is 20.2 Å². The van der Waals surface area contributed by atoms with E-state index in [1.54, 1.807) is 6.20 Å². The topological polar surface area (TPSA) is 54.5 Å². The first-order valence-electron chi connectivity index (χ1n) is 5.17. The molecule has 0 unspecified atom stereocenters. The van der Waals surface area contributed by atoms with E-state index in [9.17, 15) is 0 Å². The smallest absolute Gasteiger partial charge is 0.132 e. The normalized spacial score (nSPS) is 15.5. The van der Waals surface area contributed by atoms with Gasteiger partial charge in [0.25, 0.3) is 0 Å². The first-order chi connectivity index (χ1) is 7.33. The quantitative estimate of drug-likeness (QED) is 0.807. The number of hydrogen-bond donors (Lipinski definition) is 1. The lowest BCUT2D eigenvalue weighted by Crippen LogP contribution is -1.96. The maximum Gasteiger partial charge on any atom is 0.132 e. The summed E-state index contributed by atoms with van der Waals surface area (Å²) in [6.07, 6.45) is 6.11. The van der Waals surface area contributed by atoms with E-state index < -0.39 is 0 Å². The molecule has 1 N–H and O–H groups in total. The Bertz CT molecular complexity index is 471. The highest BCUT2D eigenvalue weighted by Crippen LogP contribution is 2.38. The third-order valence-electron chi connectivity index (χ3n) is 2.61. The minimum absolute atomic E-state index is 0.593. The zero-order valence-corrected chi connectivity index (χ0v) is 8.57. The highest BCUT2D eigenvalue weighted by atomic mass is 15.1. The molecule has 1 fully saturated rings. The molecule has 76 valence electrons. The monoisotopic (exact) mass is 200 g/mol. The van der Waals surface area contributed by atoms with Crippen molar-refractivity contribution in [2.75, 3.05) is 0 Å². The summed E-state index contributed by atoms with van der Waals surface area (Å²) >= 11 is 0. The third kappa shape index (κ3) is 1.63. The van der Waals surface area contributed by atoms with Crippen molar-refractivity contribution in [3.8, 4) is 11.3 Å². The molecule has 1 aliphatic carbocycles. The maximum atomic E-state index is 4.57. The average molecular weight is 200 g/mol. The van der Waals surface area contributed by atoms with Crippen LogP contribution in [-0.4, -0.2) is 20.2 Å². The molecule has 0 radical (unpaired) electrons. The van der Waals surface area contributed by atoms with Crippen LogP contribution in [0.3, 0.4) is 0 Å². The van der Waals surface area contributed by atoms with E-state index in [-0.39, 0.29) is 0 Å². The predicted octanol–water partition coefficient (Wildman–Crippen LogP) is 2.05. The van der Waals surface area contributed by atoms with Gasteiger partial charge in [-0.2, -0.15) is 5.10 Å². The SMILES string of the molecule is Cc1cc(-c2cn[nH]c2)nc(C2CC2)n1. The van der Waals surface area contributed by atoms with Crippen LogP contribution >= 0.6 is 0 Å². The fourth-order valence-electron chi connectivity index (χ4n) is 1.65. The van der Waals surface area contributed by atoms with Crippen molar-refractivity contribution in [3.05, 3.63) is 30.0 Å². The first kappa shape index (κ1) is 8.59. The molecule has 2 heterocycles. The Hall–Kier alpha value is -1.71. The Labute approximate surface area is 87.8 Å². The maximum absolute atomic E-state index is 4.57. The van der Waals surface area contributed by atoms with Crippen molar-refractivity contribution in [1.29, 1.82) is 0 Å². The second kappa shape index (κ2) is 3.15. The summed E-state index contributed by atoms with van der Waals surface area (Å²) in [4.78, 5) is 9.03. The molecule has 2 aromatic rings. The Morgan fingerprint density at radius 1 is 1.33 bits per heavy atom. The van der Waals surface area contributed by atoms with Gasteiger partial charge in [-0.15, -0.1) is 0 Å². The van der Waals surface area contributed by atoms with Crippen LogP contribution in [0.4, 0.5) is 0 Å². The van der Waals surface area contributed by atoms with Crippen LogP contribution in [0.25, 0.3) is 11.3 Å². The lowest BCUT2D eigenvalue weighted by molar-refractivity contribution is 0.910. The van der Waals surface area contributed by atoms with Crippen LogP contribution < -0.4 is 0 Å². The summed E-state index contributed by atoms with van der Waals surface area (Å²) in [5.74, 6) is 1.58. The minimum atomic E-state index is 0.593. The van der Waals surface area contributed by atoms with Crippen LogP contribution in [-0.2, 0) is 0 Å². The van der Waals surface area contributed by atoms with Crippen molar-refractivity contribution in [3.63, 3.8) is 0 Å². The average Bonchev–Trinajstić information content (AvgIpc) is 2.93. The first-order valence-corrected chi connectivity index (χ1v) is 5.17. The van der Waals surface area contributed by atoms with Gasteiger partial charge in [-0.1, -0.05) is 0 Å². The zero-order chi connectivity index (χ0) is 10.3. The van der Waals surface area contributed by atoms with Crippen molar-refractivity contribution in [2.24, 2.45) is 0 Å². The van der Waals surface area contributed by atoms with Gasteiger partial charge >= 0.3 is 0 Å². The number of aromatic amines is 1. The summed E-state index contributed by atoms with van der Waals surface area (Å²) < 4.78 is 0. The highest BCUT2D eigenvalue weighted by Gasteiger charge is 2.27. The van der Waals surface area contributed by atoms with Gasteiger partial charge in [-0.25, -0.2) is 9.97 Å². The molecule has 0 bridgehead atoms. The van der Waals surface area contributed by atoms with Crippen LogP contribution in [0.15, 0.2) is 18.5 Å². The molecule has 0 aromatic carbocycles. The number of hydrogen-bond acceptors (Lipinski definition) is 3. The molecular weight excluding hydrogens is 188 g/mol. The molecule has 15 heavy (non-hydrogen) atoms. The van der Waals surface area contributed by atoms with Gasteiger partial charge in [-0.3, -0.25) is 5.10 Å². The Morgan fingerprint density at radius 3 is 2.87 bits per heavy atom. The number of nitrogens with zero attached hydrogens (tertiary/aromatic N) is 3. The fraction of sp³-hybridized carbons (Fsp3) is 0.364. The van der Waals surface area contributed by atoms with Crippen LogP contribution in [0.1, 0.15) is 30.3 Å². The Kier molecular flexibility index (Phi) is 1.80. The lowest BCUT2D eigenvalue weighted by atomic mass is 10.2. The van der Waals surface area contributed by atoms with Gasteiger partial charge in [0.05, 0.1) is 11.9 Å². The van der Waals surface area contributed by atoms with E-state index in [0.717, 1.165) is 22.8 Å². The van der Waals surface area contributed by atoms with E-state index in [0.29, 0.717) is 5.92 Å². The number of aryl methyl sites for hydroxylation is 1. The second-order valence-electron chi connectivity index (χ2n) is 4.01. The van der Waals surface area contributed by atoms with Crippen LogP contribution in [0.2, 0.25) is 0 Å². The molecule has 0 atom stereocenters. The fourth-order valence-corrected chi connectivity index (χ4v) is 1.65. The van der Waals surface area contributed by atoms with Crippen LogP contribution in [0.5, 0.6) is 0 Å². The molecule has 0 aliphatic heterocycles. The Balaban J connectivity index is 2.07.